The monoisotopic (exact) mass is 383 g/mol. The first-order chi connectivity index (χ1) is 13.6. The molecule has 0 spiro atoms. The molecule has 0 saturated carbocycles. The molecule has 0 atom stereocenters. The van der Waals surface area contributed by atoms with E-state index in [1.807, 2.05) is 0 Å². The van der Waals surface area contributed by atoms with Crippen LogP contribution in [0.15, 0.2) is 12.5 Å². The van der Waals surface area contributed by atoms with Gasteiger partial charge in [-0.2, -0.15) is 0 Å². The number of piperidine rings is 1. The van der Waals surface area contributed by atoms with Crippen LogP contribution in [-0.2, 0) is 17.8 Å². The van der Waals surface area contributed by atoms with Gasteiger partial charge in [0.2, 0.25) is 5.91 Å². The number of nitrogens with one attached hydrogen (secondary N) is 1. The maximum Gasteiger partial charge on any atom is 0.225 e. The predicted molar refractivity (Wildman–Crippen MR) is 109 cm³/mol. The fourth-order valence-corrected chi connectivity index (χ4v) is 4.17. The van der Waals surface area contributed by atoms with Crippen molar-refractivity contribution in [3.05, 3.63) is 29.6 Å². The Bertz CT molecular complexity index is 852. The zero-order chi connectivity index (χ0) is 19.7. The Morgan fingerprint density at radius 3 is 2.75 bits per heavy atom. The second-order valence-corrected chi connectivity index (χ2v) is 7.99. The summed E-state index contributed by atoms with van der Waals surface area (Å²) in [5.41, 5.74) is 8.02. The van der Waals surface area contributed by atoms with Gasteiger partial charge < -0.3 is 20.5 Å². The number of carbonyl (C=O) groups is 1. The normalized spacial score (nSPS) is 17.7. The molecule has 2 aliphatic heterocycles. The van der Waals surface area contributed by atoms with Gasteiger partial charge in [-0.25, -0.2) is 15.0 Å². The van der Waals surface area contributed by atoms with Crippen molar-refractivity contribution in [3.63, 3.8) is 0 Å². The fourth-order valence-electron chi connectivity index (χ4n) is 4.17. The van der Waals surface area contributed by atoms with Crippen molar-refractivity contribution in [2.75, 3.05) is 29.9 Å². The molecule has 1 saturated heterocycles. The lowest BCUT2D eigenvalue weighted by Crippen LogP contribution is -2.36. The summed E-state index contributed by atoms with van der Waals surface area (Å²) in [7, 11) is 0. The van der Waals surface area contributed by atoms with Crippen molar-refractivity contribution < 1.29 is 4.79 Å². The number of nitrogens with two attached hydrogens (primary N) is 1. The Kier molecular flexibility index (Phi) is 5.30. The molecule has 0 bridgehead atoms. The van der Waals surface area contributed by atoms with Crippen molar-refractivity contribution in [1.29, 1.82) is 0 Å². The minimum Gasteiger partial charge on any atom is -0.356 e. The van der Waals surface area contributed by atoms with E-state index in [-0.39, 0.29) is 5.91 Å². The minimum atomic E-state index is 0.0311. The third-order valence-corrected chi connectivity index (χ3v) is 5.73. The number of nitrogens with zero attached hydrogens (tertiary/aromatic N) is 5. The van der Waals surface area contributed by atoms with Crippen LogP contribution in [0.1, 0.15) is 62.0 Å². The Morgan fingerprint density at radius 2 is 2.04 bits per heavy atom. The second-order valence-electron chi connectivity index (χ2n) is 7.99. The number of carbonyl (C=O) groups excluding carboxylic acids is 1. The van der Waals surface area contributed by atoms with Gasteiger partial charge in [0.1, 0.15) is 23.8 Å². The van der Waals surface area contributed by atoms with E-state index in [9.17, 15) is 4.79 Å². The molecule has 4 rings (SSSR count). The minimum absolute atomic E-state index is 0.0311. The summed E-state index contributed by atoms with van der Waals surface area (Å²) >= 11 is 0. The number of aromatic nitrogens is 4. The summed E-state index contributed by atoms with van der Waals surface area (Å²) in [4.78, 5) is 27.7. The van der Waals surface area contributed by atoms with E-state index in [1.165, 1.54) is 5.82 Å². The Hall–Kier alpha value is -2.48. The first-order valence-corrected chi connectivity index (χ1v) is 10.2. The molecule has 3 N–H and O–H groups in total. The van der Waals surface area contributed by atoms with Gasteiger partial charge in [-0.05, 0) is 25.2 Å². The van der Waals surface area contributed by atoms with E-state index in [0.29, 0.717) is 37.0 Å². The smallest absolute Gasteiger partial charge is 0.225 e. The summed E-state index contributed by atoms with van der Waals surface area (Å²) in [6.45, 7) is 7.65. The van der Waals surface area contributed by atoms with Gasteiger partial charge in [0, 0.05) is 50.3 Å². The highest BCUT2D eigenvalue weighted by Gasteiger charge is 2.29. The summed E-state index contributed by atoms with van der Waals surface area (Å²) < 4.78 is 2.25. The zero-order valence-corrected chi connectivity index (χ0v) is 16.7. The third kappa shape index (κ3) is 3.61. The van der Waals surface area contributed by atoms with E-state index in [4.69, 9.17) is 10.7 Å². The number of hydrogen-bond acceptors (Lipinski definition) is 6. The molecule has 28 heavy (non-hydrogen) atoms. The zero-order valence-electron chi connectivity index (χ0n) is 16.7. The molecule has 8 nitrogen and oxygen atoms in total. The van der Waals surface area contributed by atoms with Crippen LogP contribution in [0.2, 0.25) is 0 Å². The molecule has 2 aromatic rings. The molecule has 1 amide bonds. The van der Waals surface area contributed by atoms with Crippen molar-refractivity contribution in [2.24, 2.45) is 5.73 Å². The van der Waals surface area contributed by atoms with Gasteiger partial charge in [-0.15, -0.1) is 0 Å². The number of imidazole rings is 1. The fraction of sp³-hybridized carbons (Fsp3) is 0.600. The van der Waals surface area contributed by atoms with Crippen LogP contribution in [0.5, 0.6) is 0 Å². The first kappa shape index (κ1) is 18.9. The SMILES string of the molecule is CC(C)c1cn(CCN)c(C2CCN(c3ncnc4c3CCC(=O)N4)CC2)n1. The quantitative estimate of drug-likeness (QED) is 0.819. The average Bonchev–Trinajstić information content (AvgIpc) is 3.12. The first-order valence-electron chi connectivity index (χ1n) is 10.2. The number of hydrogen-bond donors (Lipinski definition) is 2. The number of fused-ring (bicyclic) bond motifs is 1. The molecule has 0 aliphatic carbocycles. The molecule has 0 aromatic carbocycles. The van der Waals surface area contributed by atoms with Gasteiger partial charge in [-0.3, -0.25) is 4.79 Å². The van der Waals surface area contributed by atoms with Crippen LogP contribution in [0, 0.1) is 0 Å². The van der Waals surface area contributed by atoms with E-state index >= 15 is 0 Å². The summed E-state index contributed by atoms with van der Waals surface area (Å²) in [5, 5.41) is 2.87. The predicted octanol–water partition coefficient (Wildman–Crippen LogP) is 2.02. The lowest BCUT2D eigenvalue weighted by Gasteiger charge is -2.34. The molecule has 150 valence electrons. The molecule has 2 aromatic heterocycles. The summed E-state index contributed by atoms with van der Waals surface area (Å²) in [6, 6.07) is 0. The van der Waals surface area contributed by atoms with Crippen LogP contribution in [0.3, 0.4) is 0 Å². The van der Waals surface area contributed by atoms with Crippen molar-refractivity contribution in [2.45, 2.75) is 57.9 Å². The Labute approximate surface area is 165 Å². The van der Waals surface area contributed by atoms with E-state index in [0.717, 1.165) is 49.6 Å². The van der Waals surface area contributed by atoms with Crippen LogP contribution in [0.25, 0.3) is 0 Å². The van der Waals surface area contributed by atoms with Crippen molar-refractivity contribution in [3.8, 4) is 0 Å². The average molecular weight is 384 g/mol. The molecular weight excluding hydrogens is 354 g/mol. The highest BCUT2D eigenvalue weighted by Crippen LogP contribution is 2.34. The van der Waals surface area contributed by atoms with Crippen LogP contribution in [-0.4, -0.2) is 45.1 Å². The Morgan fingerprint density at radius 1 is 1.25 bits per heavy atom. The standard InChI is InChI=1S/C20H29N7O/c1-13(2)16-11-27(10-7-21)19(24-16)14-5-8-26(9-6-14)20-15-3-4-17(28)25-18(15)22-12-23-20/h11-14H,3-10,21H2,1-2H3,(H,22,23,25,28). The van der Waals surface area contributed by atoms with Gasteiger partial charge in [0.15, 0.2) is 0 Å². The summed E-state index contributed by atoms with van der Waals surface area (Å²) in [5.74, 6) is 3.70. The topological polar surface area (TPSA) is 102 Å². The van der Waals surface area contributed by atoms with Gasteiger partial charge in [-0.1, -0.05) is 13.8 Å². The van der Waals surface area contributed by atoms with Crippen LogP contribution >= 0.6 is 0 Å². The van der Waals surface area contributed by atoms with Crippen molar-refractivity contribution in [1.82, 2.24) is 19.5 Å². The van der Waals surface area contributed by atoms with Gasteiger partial charge >= 0.3 is 0 Å². The molecule has 1 fully saturated rings. The number of rotatable bonds is 5. The van der Waals surface area contributed by atoms with E-state index in [2.05, 4.69) is 44.8 Å². The highest BCUT2D eigenvalue weighted by atomic mass is 16.1. The highest BCUT2D eigenvalue weighted by molar-refractivity contribution is 5.93. The molecule has 0 radical (unpaired) electrons. The second kappa shape index (κ2) is 7.87. The molecule has 0 unspecified atom stereocenters. The largest absolute Gasteiger partial charge is 0.356 e. The van der Waals surface area contributed by atoms with Gasteiger partial charge in [0.25, 0.3) is 0 Å². The molecular formula is C20H29N7O. The lowest BCUT2D eigenvalue weighted by atomic mass is 9.95. The third-order valence-electron chi connectivity index (χ3n) is 5.73. The van der Waals surface area contributed by atoms with E-state index < -0.39 is 0 Å². The van der Waals surface area contributed by atoms with Crippen LogP contribution in [0.4, 0.5) is 11.6 Å². The molecule has 4 heterocycles. The number of anilines is 2. The summed E-state index contributed by atoms with van der Waals surface area (Å²) in [6.07, 6.45) is 6.99. The van der Waals surface area contributed by atoms with Crippen molar-refractivity contribution >= 4 is 17.5 Å². The Balaban J connectivity index is 1.50. The maximum absolute atomic E-state index is 11.6. The molecule has 2 aliphatic rings. The van der Waals surface area contributed by atoms with Crippen LogP contribution < -0.4 is 16.0 Å². The lowest BCUT2D eigenvalue weighted by molar-refractivity contribution is -0.116. The van der Waals surface area contributed by atoms with E-state index in [1.54, 1.807) is 6.33 Å². The number of amides is 1. The van der Waals surface area contributed by atoms with Gasteiger partial charge in [0.05, 0.1) is 5.69 Å². The molecule has 8 heteroatoms. The maximum atomic E-state index is 11.6.